The molecule has 1 aliphatic rings. The van der Waals surface area contributed by atoms with E-state index in [1.165, 1.54) is 12.1 Å². The SMILES string of the molecule is CCOC(=O)CC(=O)C1CCN(C(=O)O)C(c2ccc(Cl)cc2F)C1. The van der Waals surface area contributed by atoms with Crippen LogP contribution < -0.4 is 0 Å². The zero-order chi connectivity index (χ0) is 18.6. The van der Waals surface area contributed by atoms with E-state index in [1.807, 2.05) is 0 Å². The van der Waals surface area contributed by atoms with Gasteiger partial charge in [0.2, 0.25) is 0 Å². The number of Topliss-reactive ketones (excluding diaryl/α,β-unsaturated/α-hetero) is 1. The van der Waals surface area contributed by atoms with Gasteiger partial charge in [0.15, 0.2) is 0 Å². The van der Waals surface area contributed by atoms with Crippen LogP contribution in [-0.2, 0) is 14.3 Å². The van der Waals surface area contributed by atoms with E-state index < -0.39 is 29.8 Å². The van der Waals surface area contributed by atoms with Crippen molar-refractivity contribution in [1.29, 1.82) is 0 Å². The first-order valence-corrected chi connectivity index (χ1v) is 8.34. The molecule has 1 heterocycles. The smallest absolute Gasteiger partial charge is 0.407 e. The summed E-state index contributed by atoms with van der Waals surface area (Å²) in [5, 5.41) is 9.58. The number of piperidine rings is 1. The minimum Gasteiger partial charge on any atom is -0.466 e. The highest BCUT2D eigenvalue weighted by Crippen LogP contribution is 2.37. The summed E-state index contributed by atoms with van der Waals surface area (Å²) in [5.41, 5.74) is 0.167. The minimum atomic E-state index is -1.18. The average molecular weight is 372 g/mol. The Morgan fingerprint density at radius 1 is 1.40 bits per heavy atom. The molecule has 1 aromatic rings. The summed E-state index contributed by atoms with van der Waals surface area (Å²) >= 11 is 5.75. The van der Waals surface area contributed by atoms with Crippen molar-refractivity contribution in [2.24, 2.45) is 5.92 Å². The second-order valence-electron chi connectivity index (χ2n) is 5.83. The predicted molar refractivity (Wildman–Crippen MR) is 87.9 cm³/mol. The molecule has 0 saturated carbocycles. The van der Waals surface area contributed by atoms with Crippen LogP contribution in [0.3, 0.4) is 0 Å². The van der Waals surface area contributed by atoms with Gasteiger partial charge in [0.1, 0.15) is 18.0 Å². The van der Waals surface area contributed by atoms with Gasteiger partial charge in [0.25, 0.3) is 0 Å². The fourth-order valence-electron chi connectivity index (χ4n) is 3.05. The van der Waals surface area contributed by atoms with E-state index in [4.69, 9.17) is 16.3 Å². The van der Waals surface area contributed by atoms with Gasteiger partial charge < -0.3 is 14.7 Å². The van der Waals surface area contributed by atoms with E-state index >= 15 is 0 Å². The first-order valence-electron chi connectivity index (χ1n) is 7.96. The van der Waals surface area contributed by atoms with Gasteiger partial charge in [-0.1, -0.05) is 17.7 Å². The number of halogens is 2. The van der Waals surface area contributed by atoms with Crippen molar-refractivity contribution >= 4 is 29.4 Å². The van der Waals surface area contributed by atoms with Crippen molar-refractivity contribution in [3.63, 3.8) is 0 Å². The second kappa shape index (κ2) is 8.29. The van der Waals surface area contributed by atoms with Crippen LogP contribution in [0.4, 0.5) is 9.18 Å². The van der Waals surface area contributed by atoms with Gasteiger partial charge in [0, 0.05) is 23.0 Å². The van der Waals surface area contributed by atoms with Crippen LogP contribution in [-0.4, -0.2) is 41.0 Å². The summed E-state index contributed by atoms with van der Waals surface area (Å²) in [6.45, 7) is 1.91. The number of benzene rings is 1. The molecule has 1 aromatic carbocycles. The van der Waals surface area contributed by atoms with E-state index in [9.17, 15) is 23.9 Å². The quantitative estimate of drug-likeness (QED) is 0.633. The van der Waals surface area contributed by atoms with E-state index in [-0.39, 0.29) is 48.8 Å². The van der Waals surface area contributed by atoms with Crippen LogP contribution in [0.2, 0.25) is 5.02 Å². The number of carboxylic acid groups (broad SMARTS) is 1. The number of carbonyl (C=O) groups excluding carboxylic acids is 2. The molecular weight excluding hydrogens is 353 g/mol. The summed E-state index contributed by atoms with van der Waals surface area (Å²) in [6.07, 6.45) is -1.14. The fraction of sp³-hybridized carbons (Fsp3) is 0.471. The standard InChI is InChI=1S/C17H19ClFNO5/c1-2-25-16(22)9-15(21)10-5-6-20(17(23)24)14(7-10)12-4-3-11(18)8-13(12)19/h3-4,8,10,14H,2,5-7,9H2,1H3,(H,23,24). The highest BCUT2D eigenvalue weighted by molar-refractivity contribution is 6.30. The molecule has 1 amide bonds. The molecule has 2 atom stereocenters. The monoisotopic (exact) mass is 371 g/mol. The summed E-state index contributed by atoms with van der Waals surface area (Å²) in [6, 6.07) is 3.21. The molecule has 2 unspecified atom stereocenters. The van der Waals surface area contributed by atoms with Gasteiger partial charge in [-0.3, -0.25) is 9.59 Å². The molecular formula is C17H19ClFNO5. The third-order valence-corrected chi connectivity index (χ3v) is 4.48. The maximum absolute atomic E-state index is 14.2. The Morgan fingerprint density at radius 2 is 2.12 bits per heavy atom. The van der Waals surface area contributed by atoms with Crippen molar-refractivity contribution in [2.75, 3.05) is 13.2 Å². The maximum Gasteiger partial charge on any atom is 0.407 e. The minimum absolute atomic E-state index is 0.0846. The number of carbonyl (C=O) groups is 3. The van der Waals surface area contributed by atoms with Crippen molar-refractivity contribution in [3.8, 4) is 0 Å². The molecule has 0 spiro atoms. The lowest BCUT2D eigenvalue weighted by molar-refractivity contribution is -0.146. The molecule has 6 nitrogen and oxygen atoms in total. The van der Waals surface area contributed by atoms with Crippen molar-refractivity contribution in [2.45, 2.75) is 32.2 Å². The molecule has 0 aromatic heterocycles. The molecule has 0 bridgehead atoms. The van der Waals surface area contributed by atoms with E-state index in [0.29, 0.717) is 0 Å². The first-order chi connectivity index (χ1) is 11.8. The molecule has 2 rings (SSSR count). The number of hydrogen-bond acceptors (Lipinski definition) is 4. The van der Waals surface area contributed by atoms with Gasteiger partial charge in [-0.2, -0.15) is 0 Å². The fourth-order valence-corrected chi connectivity index (χ4v) is 3.21. The van der Waals surface area contributed by atoms with Gasteiger partial charge in [0.05, 0.1) is 12.6 Å². The third kappa shape index (κ3) is 4.69. The number of likely N-dealkylation sites (tertiary alicyclic amines) is 1. The topological polar surface area (TPSA) is 83.9 Å². The average Bonchev–Trinajstić information content (AvgIpc) is 2.54. The lowest BCUT2D eigenvalue weighted by Gasteiger charge is -2.37. The van der Waals surface area contributed by atoms with Crippen molar-refractivity contribution in [1.82, 2.24) is 4.90 Å². The highest BCUT2D eigenvalue weighted by Gasteiger charge is 2.37. The van der Waals surface area contributed by atoms with Crippen LogP contribution in [0.5, 0.6) is 0 Å². The van der Waals surface area contributed by atoms with Crippen LogP contribution in [0.1, 0.15) is 37.8 Å². The van der Waals surface area contributed by atoms with Gasteiger partial charge in [-0.15, -0.1) is 0 Å². The van der Waals surface area contributed by atoms with Crippen molar-refractivity contribution < 1.29 is 28.6 Å². The lowest BCUT2D eigenvalue weighted by Crippen LogP contribution is -2.42. The third-order valence-electron chi connectivity index (χ3n) is 4.25. The van der Waals surface area contributed by atoms with Crippen LogP contribution in [0.25, 0.3) is 0 Å². The van der Waals surface area contributed by atoms with Crippen LogP contribution >= 0.6 is 11.6 Å². The Bertz CT molecular complexity index is 681. The molecule has 1 saturated heterocycles. The van der Waals surface area contributed by atoms with Gasteiger partial charge in [-0.25, -0.2) is 9.18 Å². The molecule has 1 fully saturated rings. The Kier molecular flexibility index (Phi) is 6.36. The summed E-state index contributed by atoms with van der Waals surface area (Å²) in [4.78, 5) is 36.4. The van der Waals surface area contributed by atoms with E-state index in [0.717, 1.165) is 11.0 Å². The maximum atomic E-state index is 14.2. The Labute approximate surface area is 149 Å². The number of ketones is 1. The molecule has 0 aliphatic carbocycles. The van der Waals surface area contributed by atoms with Crippen molar-refractivity contribution in [3.05, 3.63) is 34.6 Å². The summed E-state index contributed by atoms with van der Waals surface area (Å²) < 4.78 is 19.0. The molecule has 8 heteroatoms. The van der Waals surface area contributed by atoms with Gasteiger partial charge >= 0.3 is 12.1 Å². The summed E-state index contributed by atoms with van der Waals surface area (Å²) in [7, 11) is 0. The normalized spacial score (nSPS) is 20.2. The van der Waals surface area contributed by atoms with Crippen LogP contribution in [0.15, 0.2) is 18.2 Å². The highest BCUT2D eigenvalue weighted by atomic mass is 35.5. The Hall–Kier alpha value is -2.15. The number of amides is 1. The largest absolute Gasteiger partial charge is 0.466 e. The zero-order valence-electron chi connectivity index (χ0n) is 13.7. The lowest BCUT2D eigenvalue weighted by atomic mass is 9.83. The number of nitrogens with zero attached hydrogens (tertiary/aromatic N) is 1. The molecule has 136 valence electrons. The predicted octanol–water partition coefficient (Wildman–Crippen LogP) is 3.43. The van der Waals surface area contributed by atoms with E-state index in [2.05, 4.69) is 0 Å². The first kappa shape index (κ1) is 19.2. The Morgan fingerprint density at radius 3 is 2.72 bits per heavy atom. The van der Waals surface area contributed by atoms with E-state index in [1.54, 1.807) is 6.92 Å². The molecule has 1 N–H and O–H groups in total. The number of rotatable bonds is 5. The second-order valence-corrected chi connectivity index (χ2v) is 6.26. The zero-order valence-corrected chi connectivity index (χ0v) is 14.5. The number of hydrogen-bond donors (Lipinski definition) is 1. The number of ether oxygens (including phenoxy) is 1. The summed E-state index contributed by atoms with van der Waals surface area (Å²) in [5.74, 6) is -2.08. The molecule has 25 heavy (non-hydrogen) atoms. The molecule has 1 aliphatic heterocycles. The Balaban J connectivity index is 2.20. The molecule has 0 radical (unpaired) electrons. The number of esters is 1. The van der Waals surface area contributed by atoms with Gasteiger partial charge in [-0.05, 0) is 31.9 Å². The van der Waals surface area contributed by atoms with Crippen LogP contribution in [0, 0.1) is 11.7 Å².